The van der Waals surface area contributed by atoms with Crippen molar-refractivity contribution < 1.29 is 0 Å². The number of aliphatic imine (C=N–C) groups is 1. The molecule has 0 aliphatic heterocycles. The van der Waals surface area contributed by atoms with Gasteiger partial charge in [-0.3, -0.25) is 0 Å². The lowest BCUT2D eigenvalue weighted by Gasteiger charge is -2.26. The number of thioether (sulfide) groups is 1. The molecule has 2 nitrogen and oxygen atoms in total. The zero-order chi connectivity index (χ0) is 17.0. The first kappa shape index (κ1) is 17.9. The molecule has 0 radical (unpaired) electrons. The third-order valence-corrected chi connectivity index (χ3v) is 5.67. The number of hydrogen-bond acceptors (Lipinski definition) is 2. The SMILES string of the molecule is C=CN=C(CSC1C=C(C(=C)C)C(C)=CC1C)NC(=C)C1CC1. The molecule has 2 unspecified atom stereocenters. The monoisotopic (exact) mass is 328 g/mol. The Hall–Kier alpha value is -1.48. The molecular weight excluding hydrogens is 300 g/mol. The summed E-state index contributed by atoms with van der Waals surface area (Å²) in [5, 5.41) is 3.83. The van der Waals surface area contributed by atoms with Crippen LogP contribution in [0.5, 0.6) is 0 Å². The molecule has 1 N–H and O–H groups in total. The molecule has 1 saturated carbocycles. The van der Waals surface area contributed by atoms with E-state index in [0.29, 0.717) is 17.1 Å². The molecule has 0 aromatic carbocycles. The van der Waals surface area contributed by atoms with E-state index in [9.17, 15) is 0 Å². The van der Waals surface area contributed by atoms with Crippen LogP contribution in [0.1, 0.15) is 33.6 Å². The summed E-state index contributed by atoms with van der Waals surface area (Å²) in [5.74, 6) is 2.93. The van der Waals surface area contributed by atoms with Gasteiger partial charge >= 0.3 is 0 Å². The fourth-order valence-electron chi connectivity index (χ4n) is 2.82. The number of nitrogens with one attached hydrogen (secondary N) is 1. The van der Waals surface area contributed by atoms with Gasteiger partial charge < -0.3 is 5.32 Å². The van der Waals surface area contributed by atoms with Gasteiger partial charge in [0.15, 0.2) is 0 Å². The number of amidine groups is 1. The topological polar surface area (TPSA) is 24.4 Å². The Morgan fingerprint density at radius 1 is 1.39 bits per heavy atom. The van der Waals surface area contributed by atoms with Crippen molar-refractivity contribution in [1.29, 1.82) is 0 Å². The third kappa shape index (κ3) is 5.00. The Bertz CT molecular complexity index is 591. The first-order valence-corrected chi connectivity index (χ1v) is 9.28. The highest BCUT2D eigenvalue weighted by molar-refractivity contribution is 8.00. The second kappa shape index (κ2) is 7.87. The van der Waals surface area contributed by atoms with E-state index >= 15 is 0 Å². The van der Waals surface area contributed by atoms with E-state index < -0.39 is 0 Å². The van der Waals surface area contributed by atoms with Crippen LogP contribution in [0.2, 0.25) is 0 Å². The molecule has 0 heterocycles. The maximum atomic E-state index is 4.39. The fourth-order valence-corrected chi connectivity index (χ4v) is 3.93. The van der Waals surface area contributed by atoms with Crippen molar-refractivity contribution in [3.8, 4) is 0 Å². The molecule has 0 spiro atoms. The van der Waals surface area contributed by atoms with Crippen molar-refractivity contribution in [2.24, 2.45) is 16.8 Å². The predicted octanol–water partition coefficient (Wildman–Crippen LogP) is 5.24. The second-order valence-corrected chi connectivity index (χ2v) is 7.69. The van der Waals surface area contributed by atoms with Crippen LogP contribution in [0, 0.1) is 11.8 Å². The van der Waals surface area contributed by atoms with Gasteiger partial charge in [-0.05, 0) is 49.7 Å². The number of hydrogen-bond donors (Lipinski definition) is 1. The summed E-state index contributed by atoms with van der Waals surface area (Å²) in [6.45, 7) is 18.5. The Morgan fingerprint density at radius 3 is 2.65 bits per heavy atom. The first-order valence-electron chi connectivity index (χ1n) is 8.23. The molecular formula is C20H28N2S. The minimum Gasteiger partial charge on any atom is -0.347 e. The predicted molar refractivity (Wildman–Crippen MR) is 105 cm³/mol. The lowest BCUT2D eigenvalue weighted by molar-refractivity contribution is 0.739. The summed E-state index contributed by atoms with van der Waals surface area (Å²) < 4.78 is 0. The molecule has 0 saturated heterocycles. The maximum Gasteiger partial charge on any atom is 0.116 e. The van der Waals surface area contributed by atoms with Gasteiger partial charge in [-0.1, -0.05) is 44.4 Å². The van der Waals surface area contributed by atoms with E-state index in [1.807, 2.05) is 11.8 Å². The van der Waals surface area contributed by atoms with Crippen LogP contribution < -0.4 is 5.32 Å². The zero-order valence-corrected chi connectivity index (χ0v) is 15.4. The van der Waals surface area contributed by atoms with Crippen LogP contribution >= 0.6 is 11.8 Å². The smallest absolute Gasteiger partial charge is 0.116 e. The molecule has 2 aliphatic rings. The quantitative estimate of drug-likeness (QED) is 0.510. The van der Waals surface area contributed by atoms with Crippen LogP contribution in [0.25, 0.3) is 0 Å². The molecule has 3 heteroatoms. The van der Waals surface area contributed by atoms with E-state index in [1.165, 1.54) is 24.0 Å². The highest BCUT2D eigenvalue weighted by Crippen LogP contribution is 2.35. The van der Waals surface area contributed by atoms with Crippen LogP contribution in [0.3, 0.4) is 0 Å². The second-order valence-electron chi connectivity index (χ2n) is 6.53. The highest BCUT2D eigenvalue weighted by atomic mass is 32.2. The molecule has 0 amide bonds. The van der Waals surface area contributed by atoms with Crippen molar-refractivity contribution in [2.75, 3.05) is 5.75 Å². The Labute approximate surface area is 145 Å². The maximum absolute atomic E-state index is 4.39. The van der Waals surface area contributed by atoms with Crippen LogP contribution in [0.15, 0.2) is 65.5 Å². The highest BCUT2D eigenvalue weighted by Gasteiger charge is 2.26. The van der Waals surface area contributed by atoms with E-state index in [-0.39, 0.29) is 0 Å². The van der Waals surface area contributed by atoms with Crippen molar-refractivity contribution in [3.05, 3.63) is 60.5 Å². The summed E-state index contributed by atoms with van der Waals surface area (Å²) in [6.07, 6.45) is 8.80. The molecule has 0 aromatic heterocycles. The lowest BCUT2D eigenvalue weighted by Crippen LogP contribution is -2.27. The van der Waals surface area contributed by atoms with E-state index in [2.05, 4.69) is 63.0 Å². The average molecular weight is 329 g/mol. The van der Waals surface area contributed by atoms with Crippen molar-refractivity contribution >= 4 is 17.6 Å². The minimum absolute atomic E-state index is 0.441. The van der Waals surface area contributed by atoms with Crippen molar-refractivity contribution in [1.82, 2.24) is 5.32 Å². The number of rotatable bonds is 7. The first-order chi connectivity index (χ1) is 10.9. The summed E-state index contributed by atoms with van der Waals surface area (Å²) in [4.78, 5) is 4.39. The molecule has 2 aliphatic carbocycles. The van der Waals surface area contributed by atoms with Crippen LogP contribution in [0.4, 0.5) is 0 Å². The molecule has 2 rings (SSSR count). The van der Waals surface area contributed by atoms with Gasteiger partial charge in [0.05, 0.1) is 5.75 Å². The Balaban J connectivity index is 1.99. The van der Waals surface area contributed by atoms with Gasteiger partial charge in [0.1, 0.15) is 5.84 Å². The van der Waals surface area contributed by atoms with Crippen molar-refractivity contribution in [3.63, 3.8) is 0 Å². The number of allylic oxidation sites excluding steroid dienone is 5. The van der Waals surface area contributed by atoms with Gasteiger partial charge in [0.2, 0.25) is 0 Å². The molecule has 2 atom stereocenters. The third-order valence-electron chi connectivity index (χ3n) is 4.28. The molecule has 1 fully saturated rings. The Kier molecular flexibility index (Phi) is 6.11. The Morgan fingerprint density at radius 2 is 2.09 bits per heavy atom. The normalized spacial score (nSPS) is 24.6. The molecule has 0 bridgehead atoms. The lowest BCUT2D eigenvalue weighted by atomic mass is 9.89. The van der Waals surface area contributed by atoms with E-state index in [0.717, 1.165) is 22.9 Å². The summed E-state index contributed by atoms with van der Waals surface area (Å²) in [6, 6.07) is 0. The minimum atomic E-state index is 0.441. The van der Waals surface area contributed by atoms with E-state index in [4.69, 9.17) is 0 Å². The summed E-state index contributed by atoms with van der Waals surface area (Å²) in [7, 11) is 0. The van der Waals surface area contributed by atoms with Crippen LogP contribution in [-0.4, -0.2) is 16.8 Å². The largest absolute Gasteiger partial charge is 0.347 e. The summed E-state index contributed by atoms with van der Waals surface area (Å²) in [5.41, 5.74) is 4.86. The molecule has 0 aromatic rings. The standard InChI is InChI=1S/C20H28N2S/c1-7-21-20(22-16(6)17-8-9-17)12-23-19-11-18(13(2)3)14(4)10-15(19)5/h7,10-11,15,17,19H,1-2,6,8-9,12H2,3-5H3,(H,21,22). The van der Waals surface area contributed by atoms with Gasteiger partial charge in [0.25, 0.3) is 0 Å². The van der Waals surface area contributed by atoms with E-state index in [1.54, 1.807) is 6.20 Å². The van der Waals surface area contributed by atoms with Gasteiger partial charge in [-0.2, -0.15) is 0 Å². The number of nitrogens with zero attached hydrogens (tertiary/aromatic N) is 1. The zero-order valence-electron chi connectivity index (χ0n) is 14.6. The van der Waals surface area contributed by atoms with Gasteiger partial charge in [-0.15, -0.1) is 11.8 Å². The summed E-state index contributed by atoms with van der Waals surface area (Å²) >= 11 is 1.91. The average Bonchev–Trinajstić information content (AvgIpc) is 3.30. The molecule has 23 heavy (non-hydrogen) atoms. The molecule has 124 valence electrons. The van der Waals surface area contributed by atoms with Gasteiger partial charge in [0, 0.05) is 17.1 Å². The van der Waals surface area contributed by atoms with Crippen LogP contribution in [-0.2, 0) is 0 Å². The fraction of sp³-hybridized carbons (Fsp3) is 0.450. The van der Waals surface area contributed by atoms with Gasteiger partial charge in [-0.25, -0.2) is 4.99 Å². The van der Waals surface area contributed by atoms with Crippen molar-refractivity contribution in [2.45, 2.75) is 38.9 Å².